The second kappa shape index (κ2) is 6.99. The van der Waals surface area contributed by atoms with Gasteiger partial charge in [-0.1, -0.05) is 6.07 Å². The van der Waals surface area contributed by atoms with Gasteiger partial charge in [0.25, 0.3) is 11.8 Å². The van der Waals surface area contributed by atoms with E-state index in [1.807, 2.05) is 12.1 Å². The van der Waals surface area contributed by atoms with Gasteiger partial charge in [-0.3, -0.25) is 9.59 Å². The number of furan rings is 1. The molecular weight excluding hydrogens is 344 g/mol. The zero-order valence-electron chi connectivity index (χ0n) is 14.8. The zero-order valence-corrected chi connectivity index (χ0v) is 14.8. The minimum Gasteiger partial charge on any atom is -0.497 e. The van der Waals surface area contributed by atoms with Crippen molar-refractivity contribution >= 4 is 23.2 Å². The lowest BCUT2D eigenvalue weighted by Crippen LogP contribution is -2.28. The molecule has 1 aromatic heterocycles. The highest BCUT2D eigenvalue weighted by Gasteiger charge is 2.27. The van der Waals surface area contributed by atoms with Crippen LogP contribution in [-0.2, 0) is 6.42 Å². The number of benzene rings is 2. The first kappa shape index (κ1) is 16.9. The summed E-state index contributed by atoms with van der Waals surface area (Å²) >= 11 is 0. The van der Waals surface area contributed by atoms with Crippen molar-refractivity contribution in [1.29, 1.82) is 0 Å². The third kappa shape index (κ3) is 3.29. The fourth-order valence-electron chi connectivity index (χ4n) is 3.19. The van der Waals surface area contributed by atoms with Gasteiger partial charge in [-0.25, -0.2) is 0 Å². The minimum atomic E-state index is -0.213. The first-order valence-electron chi connectivity index (χ1n) is 8.59. The molecule has 0 saturated heterocycles. The normalized spacial score (nSPS) is 12.6. The van der Waals surface area contributed by atoms with Crippen molar-refractivity contribution in [2.75, 3.05) is 23.9 Å². The summed E-state index contributed by atoms with van der Waals surface area (Å²) in [5.74, 6) is 0.573. The molecular formula is C21H18N2O4. The summed E-state index contributed by atoms with van der Waals surface area (Å²) in [6, 6.07) is 15.9. The average Bonchev–Trinajstić information content (AvgIpc) is 3.37. The number of anilines is 2. The molecule has 27 heavy (non-hydrogen) atoms. The predicted molar refractivity (Wildman–Crippen MR) is 101 cm³/mol. The quantitative estimate of drug-likeness (QED) is 0.767. The Kier molecular flexibility index (Phi) is 4.38. The first-order valence-corrected chi connectivity index (χ1v) is 8.59. The second-order valence-corrected chi connectivity index (χ2v) is 6.21. The van der Waals surface area contributed by atoms with Gasteiger partial charge in [0.1, 0.15) is 5.75 Å². The summed E-state index contributed by atoms with van der Waals surface area (Å²) in [5.41, 5.74) is 3.06. The van der Waals surface area contributed by atoms with Crippen molar-refractivity contribution in [2.45, 2.75) is 6.42 Å². The van der Waals surface area contributed by atoms with Crippen molar-refractivity contribution < 1.29 is 18.7 Å². The molecule has 0 aliphatic carbocycles. The summed E-state index contributed by atoms with van der Waals surface area (Å²) in [7, 11) is 1.56. The molecule has 2 heterocycles. The van der Waals surface area contributed by atoms with E-state index in [2.05, 4.69) is 5.32 Å². The Morgan fingerprint density at radius 3 is 2.78 bits per heavy atom. The number of hydrogen-bond donors (Lipinski definition) is 1. The fraction of sp³-hybridized carbons (Fsp3) is 0.143. The Balaban J connectivity index is 1.52. The van der Waals surface area contributed by atoms with Crippen molar-refractivity contribution in [2.24, 2.45) is 0 Å². The highest BCUT2D eigenvalue weighted by Crippen LogP contribution is 2.32. The van der Waals surface area contributed by atoms with Crippen LogP contribution in [0.3, 0.4) is 0 Å². The molecule has 0 bridgehead atoms. The van der Waals surface area contributed by atoms with E-state index in [0.29, 0.717) is 29.3 Å². The molecule has 0 fully saturated rings. The Hall–Kier alpha value is -3.54. The standard InChI is InChI=1S/C21H18N2O4/c1-26-17-5-2-4-15(13-17)20(24)22-16-7-8-18-14(12-16)9-10-23(18)21(25)19-6-3-11-27-19/h2-8,11-13H,9-10H2,1H3,(H,22,24). The van der Waals surface area contributed by atoms with E-state index >= 15 is 0 Å². The average molecular weight is 362 g/mol. The monoisotopic (exact) mass is 362 g/mol. The van der Waals surface area contributed by atoms with Crippen molar-refractivity contribution in [3.63, 3.8) is 0 Å². The number of hydrogen-bond acceptors (Lipinski definition) is 4. The van der Waals surface area contributed by atoms with E-state index in [9.17, 15) is 9.59 Å². The van der Waals surface area contributed by atoms with E-state index < -0.39 is 0 Å². The number of rotatable bonds is 4. The maximum absolute atomic E-state index is 12.5. The molecule has 0 radical (unpaired) electrons. The van der Waals surface area contributed by atoms with Gasteiger partial charge < -0.3 is 19.4 Å². The van der Waals surface area contributed by atoms with Gasteiger partial charge in [0.2, 0.25) is 0 Å². The molecule has 1 aliphatic heterocycles. The van der Waals surface area contributed by atoms with Gasteiger partial charge in [-0.2, -0.15) is 0 Å². The summed E-state index contributed by atoms with van der Waals surface area (Å²) in [5, 5.41) is 2.89. The van der Waals surface area contributed by atoms with E-state index in [4.69, 9.17) is 9.15 Å². The smallest absolute Gasteiger partial charge is 0.293 e. The summed E-state index contributed by atoms with van der Waals surface area (Å²) in [4.78, 5) is 26.7. The van der Waals surface area contributed by atoms with Crippen LogP contribution in [0.25, 0.3) is 0 Å². The van der Waals surface area contributed by atoms with Crippen LogP contribution in [0, 0.1) is 0 Å². The molecule has 0 saturated carbocycles. The number of nitrogens with one attached hydrogen (secondary N) is 1. The third-order valence-electron chi connectivity index (χ3n) is 4.54. The lowest BCUT2D eigenvalue weighted by atomic mass is 10.1. The van der Waals surface area contributed by atoms with Gasteiger partial charge in [-0.05, 0) is 60.5 Å². The number of ether oxygens (including phenoxy) is 1. The number of carbonyl (C=O) groups excluding carboxylic acids is 2. The molecule has 0 spiro atoms. The maximum atomic E-state index is 12.5. The largest absolute Gasteiger partial charge is 0.497 e. The van der Waals surface area contributed by atoms with Crippen molar-refractivity contribution in [1.82, 2.24) is 0 Å². The fourth-order valence-corrected chi connectivity index (χ4v) is 3.19. The highest BCUT2D eigenvalue weighted by molar-refractivity contribution is 6.07. The molecule has 6 heteroatoms. The van der Waals surface area contributed by atoms with Crippen LogP contribution in [0.4, 0.5) is 11.4 Å². The second-order valence-electron chi connectivity index (χ2n) is 6.21. The number of fused-ring (bicyclic) bond motifs is 1. The van der Waals surface area contributed by atoms with Gasteiger partial charge >= 0.3 is 0 Å². The van der Waals surface area contributed by atoms with Gasteiger partial charge in [0.05, 0.1) is 13.4 Å². The van der Waals surface area contributed by atoms with Crippen molar-refractivity contribution in [3.8, 4) is 5.75 Å². The zero-order chi connectivity index (χ0) is 18.8. The molecule has 2 amide bonds. The van der Waals surface area contributed by atoms with Gasteiger partial charge in [0, 0.05) is 23.5 Å². The Bertz CT molecular complexity index is 995. The predicted octanol–water partition coefficient (Wildman–Crippen LogP) is 3.74. The molecule has 0 atom stereocenters. The molecule has 136 valence electrons. The van der Waals surface area contributed by atoms with E-state index in [1.165, 1.54) is 6.26 Å². The number of methoxy groups -OCH3 is 1. The Morgan fingerprint density at radius 1 is 1.11 bits per heavy atom. The molecule has 0 unspecified atom stereocenters. The lowest BCUT2D eigenvalue weighted by Gasteiger charge is -2.16. The van der Waals surface area contributed by atoms with Crippen LogP contribution < -0.4 is 15.0 Å². The van der Waals surface area contributed by atoms with Crippen LogP contribution in [-0.4, -0.2) is 25.5 Å². The van der Waals surface area contributed by atoms with Gasteiger partial charge in [0.15, 0.2) is 5.76 Å². The van der Waals surface area contributed by atoms with E-state index in [0.717, 1.165) is 17.7 Å². The van der Waals surface area contributed by atoms with Crippen LogP contribution in [0.5, 0.6) is 5.75 Å². The maximum Gasteiger partial charge on any atom is 0.293 e. The Labute approximate surface area is 156 Å². The highest BCUT2D eigenvalue weighted by atomic mass is 16.5. The summed E-state index contributed by atoms with van der Waals surface area (Å²) in [6.45, 7) is 0.585. The minimum absolute atomic E-state index is 0.160. The van der Waals surface area contributed by atoms with E-state index in [1.54, 1.807) is 54.5 Å². The van der Waals surface area contributed by atoms with Crippen LogP contribution in [0.2, 0.25) is 0 Å². The van der Waals surface area contributed by atoms with Crippen LogP contribution >= 0.6 is 0 Å². The van der Waals surface area contributed by atoms with Crippen LogP contribution in [0.1, 0.15) is 26.5 Å². The number of amides is 2. The number of carbonyl (C=O) groups is 2. The third-order valence-corrected chi connectivity index (χ3v) is 4.54. The lowest BCUT2D eigenvalue weighted by molar-refractivity contribution is 0.0962. The summed E-state index contributed by atoms with van der Waals surface area (Å²) < 4.78 is 10.4. The Morgan fingerprint density at radius 2 is 2.00 bits per heavy atom. The molecule has 1 aliphatic rings. The molecule has 3 aromatic rings. The van der Waals surface area contributed by atoms with Crippen LogP contribution in [0.15, 0.2) is 65.3 Å². The van der Waals surface area contributed by atoms with Gasteiger partial charge in [-0.15, -0.1) is 0 Å². The summed E-state index contributed by atoms with van der Waals surface area (Å²) in [6.07, 6.45) is 2.21. The molecule has 6 nitrogen and oxygen atoms in total. The SMILES string of the molecule is COc1cccc(C(=O)Nc2ccc3c(c2)CCN3C(=O)c2ccco2)c1. The van der Waals surface area contributed by atoms with E-state index in [-0.39, 0.29) is 11.8 Å². The molecule has 4 rings (SSSR count). The first-order chi connectivity index (χ1) is 13.2. The number of nitrogens with zero attached hydrogens (tertiary/aromatic N) is 1. The topological polar surface area (TPSA) is 71.8 Å². The van der Waals surface area contributed by atoms with Crippen molar-refractivity contribution in [3.05, 3.63) is 77.7 Å². The molecule has 2 aromatic carbocycles. The molecule has 1 N–H and O–H groups in total.